The number of anilines is 1. The first kappa shape index (κ1) is 21.6. The molecule has 1 aromatic carbocycles. The van der Waals surface area contributed by atoms with Gasteiger partial charge in [-0.1, -0.05) is 0 Å². The zero-order valence-corrected chi connectivity index (χ0v) is 17.1. The molecule has 0 bridgehead atoms. The van der Waals surface area contributed by atoms with Crippen LogP contribution in [0.3, 0.4) is 0 Å². The molecule has 0 amide bonds. The SMILES string of the molecule is CCOC(=O)C1=C(Nc2ccc(OCC(=O)OC(C)(C)C)cc2)N(Cl)CN=C1. The lowest BCUT2D eigenvalue weighted by Gasteiger charge is -2.24. The lowest BCUT2D eigenvalue weighted by Crippen LogP contribution is -2.28. The highest BCUT2D eigenvalue weighted by atomic mass is 35.5. The summed E-state index contributed by atoms with van der Waals surface area (Å²) in [6, 6.07) is 6.84. The fourth-order valence-corrected chi connectivity index (χ4v) is 2.43. The van der Waals surface area contributed by atoms with Gasteiger partial charge in [-0.15, -0.1) is 0 Å². The lowest BCUT2D eigenvalue weighted by molar-refractivity contribution is -0.157. The maximum absolute atomic E-state index is 12.1. The van der Waals surface area contributed by atoms with E-state index in [0.29, 0.717) is 17.3 Å². The highest BCUT2D eigenvalue weighted by Crippen LogP contribution is 2.23. The average molecular weight is 410 g/mol. The Balaban J connectivity index is 2.03. The number of hydrogen-bond donors (Lipinski definition) is 1. The summed E-state index contributed by atoms with van der Waals surface area (Å²) in [6.07, 6.45) is 1.43. The van der Waals surface area contributed by atoms with Crippen LogP contribution in [0.1, 0.15) is 27.7 Å². The molecule has 152 valence electrons. The van der Waals surface area contributed by atoms with Crippen LogP contribution in [0.5, 0.6) is 5.75 Å². The molecular formula is C19H24ClN3O5. The van der Waals surface area contributed by atoms with E-state index < -0.39 is 17.5 Å². The second-order valence-electron chi connectivity index (χ2n) is 6.82. The quantitative estimate of drug-likeness (QED) is 0.546. The molecule has 9 heteroatoms. The van der Waals surface area contributed by atoms with Crippen molar-refractivity contribution in [3.63, 3.8) is 0 Å². The van der Waals surface area contributed by atoms with Crippen molar-refractivity contribution in [1.82, 2.24) is 4.42 Å². The molecular weight excluding hydrogens is 386 g/mol. The van der Waals surface area contributed by atoms with E-state index in [-0.39, 0.29) is 25.5 Å². The fraction of sp³-hybridized carbons (Fsp3) is 0.421. The molecule has 0 aromatic heterocycles. The predicted octanol–water partition coefficient (Wildman–Crippen LogP) is 3.09. The van der Waals surface area contributed by atoms with Crippen LogP contribution in [-0.4, -0.2) is 48.1 Å². The first-order valence-corrected chi connectivity index (χ1v) is 9.09. The largest absolute Gasteiger partial charge is 0.482 e. The molecule has 0 aliphatic carbocycles. The molecule has 8 nitrogen and oxygen atoms in total. The van der Waals surface area contributed by atoms with Crippen LogP contribution in [-0.2, 0) is 19.1 Å². The predicted molar refractivity (Wildman–Crippen MR) is 106 cm³/mol. The Kier molecular flexibility index (Phi) is 7.28. The van der Waals surface area contributed by atoms with Crippen molar-refractivity contribution in [2.75, 3.05) is 25.2 Å². The number of benzene rings is 1. The van der Waals surface area contributed by atoms with Gasteiger partial charge in [0.25, 0.3) is 0 Å². The summed E-state index contributed by atoms with van der Waals surface area (Å²) in [4.78, 5) is 27.8. The van der Waals surface area contributed by atoms with Crippen LogP contribution in [0.4, 0.5) is 5.69 Å². The molecule has 2 rings (SSSR count). The van der Waals surface area contributed by atoms with Crippen molar-refractivity contribution in [3.05, 3.63) is 35.7 Å². The Bertz CT molecular complexity index is 769. The summed E-state index contributed by atoms with van der Waals surface area (Å²) in [6.45, 7) is 7.36. The zero-order valence-electron chi connectivity index (χ0n) is 16.3. The highest BCUT2D eigenvalue weighted by molar-refractivity contribution is 6.18. The molecule has 1 aromatic rings. The second-order valence-corrected chi connectivity index (χ2v) is 7.23. The third-order valence-corrected chi connectivity index (χ3v) is 3.59. The number of rotatable bonds is 7. The number of carbonyl (C=O) groups excluding carboxylic acids is 2. The van der Waals surface area contributed by atoms with Crippen molar-refractivity contribution in [2.45, 2.75) is 33.3 Å². The number of halogens is 1. The normalized spacial score (nSPS) is 14.0. The molecule has 0 saturated carbocycles. The number of aliphatic imine (C=N–C) groups is 1. The summed E-state index contributed by atoms with van der Waals surface area (Å²) < 4.78 is 16.9. The van der Waals surface area contributed by atoms with Gasteiger partial charge in [-0.05, 0) is 52.0 Å². The molecule has 28 heavy (non-hydrogen) atoms. The third-order valence-electron chi connectivity index (χ3n) is 3.31. The van der Waals surface area contributed by atoms with Crippen LogP contribution in [0.15, 0.2) is 40.7 Å². The summed E-state index contributed by atoms with van der Waals surface area (Å²) >= 11 is 6.16. The lowest BCUT2D eigenvalue weighted by atomic mass is 10.2. The first-order valence-electron chi connectivity index (χ1n) is 8.76. The van der Waals surface area contributed by atoms with Gasteiger partial charge in [0.1, 0.15) is 29.4 Å². The van der Waals surface area contributed by atoms with E-state index in [1.54, 1.807) is 52.0 Å². The van der Waals surface area contributed by atoms with Crippen LogP contribution < -0.4 is 10.1 Å². The van der Waals surface area contributed by atoms with E-state index in [2.05, 4.69) is 10.3 Å². The molecule has 1 N–H and O–H groups in total. The van der Waals surface area contributed by atoms with E-state index >= 15 is 0 Å². The minimum atomic E-state index is -0.560. The van der Waals surface area contributed by atoms with Gasteiger partial charge in [0.2, 0.25) is 0 Å². The summed E-state index contributed by atoms with van der Waals surface area (Å²) in [5.41, 5.74) is 0.339. The van der Waals surface area contributed by atoms with E-state index in [4.69, 9.17) is 26.0 Å². The highest BCUT2D eigenvalue weighted by Gasteiger charge is 2.23. The molecule has 0 atom stereocenters. The molecule has 0 saturated heterocycles. The van der Waals surface area contributed by atoms with Gasteiger partial charge in [-0.2, -0.15) is 0 Å². The summed E-state index contributed by atoms with van der Waals surface area (Å²) in [7, 11) is 0. The fourth-order valence-electron chi connectivity index (χ4n) is 2.24. The maximum Gasteiger partial charge on any atom is 0.344 e. The van der Waals surface area contributed by atoms with Crippen molar-refractivity contribution in [2.24, 2.45) is 4.99 Å². The van der Waals surface area contributed by atoms with E-state index in [0.717, 1.165) is 0 Å². The van der Waals surface area contributed by atoms with Crippen LogP contribution >= 0.6 is 11.8 Å². The number of hydrogen-bond acceptors (Lipinski definition) is 8. The molecule has 1 aliphatic rings. The molecule has 0 spiro atoms. The van der Waals surface area contributed by atoms with E-state index in [1.807, 2.05) is 0 Å². The Morgan fingerprint density at radius 3 is 2.54 bits per heavy atom. The molecule has 0 unspecified atom stereocenters. The first-order chi connectivity index (χ1) is 13.2. The number of esters is 2. The van der Waals surface area contributed by atoms with E-state index in [9.17, 15) is 9.59 Å². The van der Waals surface area contributed by atoms with Gasteiger partial charge >= 0.3 is 11.9 Å². The minimum Gasteiger partial charge on any atom is -0.482 e. The molecule has 1 heterocycles. The number of nitrogens with zero attached hydrogens (tertiary/aromatic N) is 2. The number of carbonyl (C=O) groups is 2. The van der Waals surface area contributed by atoms with Gasteiger partial charge in [0, 0.05) is 23.7 Å². The van der Waals surface area contributed by atoms with Crippen LogP contribution in [0, 0.1) is 0 Å². The zero-order chi connectivity index (χ0) is 20.7. The second kappa shape index (κ2) is 9.45. The third kappa shape index (κ3) is 6.45. The van der Waals surface area contributed by atoms with Crippen LogP contribution in [0.2, 0.25) is 0 Å². The monoisotopic (exact) mass is 409 g/mol. The molecule has 1 aliphatic heterocycles. The minimum absolute atomic E-state index is 0.186. The Morgan fingerprint density at radius 1 is 1.25 bits per heavy atom. The standard InChI is InChI=1S/C19H24ClN3O5/c1-5-26-18(25)15-10-21-12-23(20)17(15)22-13-6-8-14(9-7-13)27-11-16(24)28-19(2,3)4/h6-10,22H,5,11-12H2,1-4H3. The topological polar surface area (TPSA) is 89.5 Å². The molecule has 0 radical (unpaired) electrons. The maximum atomic E-state index is 12.1. The Labute approximate surface area is 169 Å². The van der Waals surface area contributed by atoms with Gasteiger partial charge in [0.15, 0.2) is 6.61 Å². The van der Waals surface area contributed by atoms with Gasteiger partial charge in [-0.25, -0.2) is 14.0 Å². The van der Waals surface area contributed by atoms with Crippen LogP contribution in [0.25, 0.3) is 0 Å². The average Bonchev–Trinajstić information content (AvgIpc) is 2.61. The van der Waals surface area contributed by atoms with Gasteiger partial charge in [-0.3, -0.25) is 4.99 Å². The molecule has 0 fully saturated rings. The number of nitrogens with one attached hydrogen (secondary N) is 1. The smallest absolute Gasteiger partial charge is 0.344 e. The van der Waals surface area contributed by atoms with E-state index in [1.165, 1.54) is 10.6 Å². The van der Waals surface area contributed by atoms with Crippen molar-refractivity contribution >= 4 is 35.6 Å². The summed E-state index contributed by atoms with van der Waals surface area (Å²) in [5.74, 6) is -0.0869. The van der Waals surface area contributed by atoms with Crippen molar-refractivity contribution in [1.29, 1.82) is 0 Å². The van der Waals surface area contributed by atoms with Crippen molar-refractivity contribution < 1.29 is 23.8 Å². The van der Waals surface area contributed by atoms with Gasteiger partial charge < -0.3 is 19.5 Å². The Morgan fingerprint density at radius 2 is 1.93 bits per heavy atom. The number of ether oxygens (including phenoxy) is 3. The van der Waals surface area contributed by atoms with Crippen molar-refractivity contribution in [3.8, 4) is 5.75 Å². The summed E-state index contributed by atoms with van der Waals surface area (Å²) in [5, 5.41) is 3.08. The van der Waals surface area contributed by atoms with Gasteiger partial charge in [0.05, 0.1) is 6.61 Å². The Hall–Kier alpha value is -2.74.